The van der Waals surface area contributed by atoms with Gasteiger partial charge >= 0.3 is 0 Å². The lowest BCUT2D eigenvalue weighted by Gasteiger charge is -2.11. The predicted octanol–water partition coefficient (Wildman–Crippen LogP) is 13.6. The molecular weight excluding hydrogens is 1300 g/mol. The Morgan fingerprint density at radius 2 is 0.442 bits per heavy atom. The molecule has 0 radical (unpaired) electrons. The summed E-state index contributed by atoms with van der Waals surface area (Å²) >= 11 is 0. The van der Waals surface area contributed by atoms with Crippen LogP contribution in [0.1, 0.15) is 0 Å². The van der Waals surface area contributed by atoms with E-state index in [9.17, 15) is 0 Å². The number of anilines is 4. The molecule has 1 aliphatic carbocycles. The van der Waals surface area contributed by atoms with Crippen LogP contribution in [-0.4, -0.2) is 178 Å². The third-order valence-corrected chi connectivity index (χ3v) is 18.2. The van der Waals surface area contributed by atoms with Crippen LogP contribution in [0.25, 0.3) is 133 Å². The van der Waals surface area contributed by atoms with Gasteiger partial charge in [0.15, 0.2) is 0 Å². The second-order valence-electron chi connectivity index (χ2n) is 25.1. The molecule has 10 aromatic rings. The molecule has 4 heterocycles. The molecule has 0 spiro atoms. The molecule has 20 nitrogen and oxygen atoms in total. The summed E-state index contributed by atoms with van der Waals surface area (Å²) < 4.78 is 45.9. The van der Waals surface area contributed by atoms with Gasteiger partial charge in [0, 0.05) is 141 Å². The molecule has 20 heteroatoms. The number of benzene rings is 8. The number of nitrogens with one attached hydrogen (secondary N) is 6. The Labute approximate surface area is 607 Å². The molecule has 0 unspecified atom stereocenters. The lowest BCUT2D eigenvalue weighted by atomic mass is 9.93. The van der Waals surface area contributed by atoms with Gasteiger partial charge in [-0.2, -0.15) is 0 Å². The lowest BCUT2D eigenvalue weighted by Crippen LogP contribution is -2.14. The first-order valence-corrected chi connectivity index (χ1v) is 36.2. The molecule has 538 valence electrons. The van der Waals surface area contributed by atoms with Gasteiger partial charge in [-0.1, -0.05) is 146 Å². The molecule has 104 heavy (non-hydrogen) atoms. The number of aromatic amines is 2. The summed E-state index contributed by atoms with van der Waals surface area (Å²) in [5.74, 6) is 0. The van der Waals surface area contributed by atoms with E-state index in [1.165, 1.54) is 0 Å². The molecule has 14 N–H and O–H groups in total. The number of ether oxygens (including phenoxy) is 8. The number of hydrogen-bond donors (Lipinski definition) is 10. The second kappa shape index (κ2) is 37.0. The molecule has 0 fully saturated rings. The Hall–Kier alpha value is -9.88. The van der Waals surface area contributed by atoms with Crippen molar-refractivity contribution in [2.24, 2.45) is 22.9 Å². The number of nitrogens with zero attached hydrogens (tertiary/aromatic N) is 2. The van der Waals surface area contributed by atoms with Gasteiger partial charge in [0.25, 0.3) is 0 Å². The number of rotatable bonds is 40. The summed E-state index contributed by atoms with van der Waals surface area (Å²) in [5.41, 5.74) is 44.9. The summed E-state index contributed by atoms with van der Waals surface area (Å²) in [4.78, 5) is 20.7. The summed E-state index contributed by atoms with van der Waals surface area (Å²) in [7, 11) is 0. The van der Waals surface area contributed by atoms with E-state index in [4.69, 9.17) is 70.8 Å². The van der Waals surface area contributed by atoms with E-state index < -0.39 is 0 Å². The first kappa shape index (κ1) is 72.5. The quantitative estimate of drug-likeness (QED) is 0.0160. The van der Waals surface area contributed by atoms with Crippen LogP contribution in [0.3, 0.4) is 0 Å². The Balaban J connectivity index is 1.07. The summed E-state index contributed by atoms with van der Waals surface area (Å²) in [5, 5.41) is 18.5. The Kier molecular flexibility index (Phi) is 25.8. The molecule has 0 saturated carbocycles. The van der Waals surface area contributed by atoms with Gasteiger partial charge < -0.3 is 92.1 Å². The van der Waals surface area contributed by atoms with E-state index in [1.807, 2.05) is 0 Å². The molecule has 0 atom stereocenters. The van der Waals surface area contributed by atoms with Crippen molar-refractivity contribution in [3.8, 4) is 89.5 Å². The minimum absolute atomic E-state index is 0.478. The molecule has 0 amide bonds. The first-order valence-electron chi connectivity index (χ1n) is 36.2. The zero-order chi connectivity index (χ0) is 71.1. The molecule has 0 saturated heterocycles. The number of nitrogens with two attached hydrogens (primary N) is 4. The fourth-order valence-electron chi connectivity index (χ4n) is 13.5. The molecular formula is C84H94N12O8. The third-order valence-electron chi connectivity index (χ3n) is 18.2. The summed E-state index contributed by atoms with van der Waals surface area (Å²) in [6.07, 6.45) is 0. The highest BCUT2D eigenvalue weighted by Gasteiger charge is 2.30. The zero-order valence-electron chi connectivity index (χ0n) is 58.9. The van der Waals surface area contributed by atoms with Crippen LogP contribution in [-0.2, 0) is 37.9 Å². The number of H-pyrrole nitrogens is 2. The maximum Gasteiger partial charge on any atom is 0.0816 e. The van der Waals surface area contributed by atoms with E-state index in [1.54, 1.807) is 0 Å². The topological polar surface area (TPSA) is 283 Å². The predicted molar refractivity (Wildman–Crippen MR) is 423 cm³/mol. The Bertz CT molecular complexity index is 4190. The summed E-state index contributed by atoms with van der Waals surface area (Å²) in [6, 6.07) is 69.4. The van der Waals surface area contributed by atoms with Gasteiger partial charge in [-0.05, 0) is 70.8 Å². The van der Waals surface area contributed by atoms with Crippen molar-refractivity contribution in [3.63, 3.8) is 0 Å². The second-order valence-corrected chi connectivity index (χ2v) is 25.1. The van der Waals surface area contributed by atoms with Crippen molar-refractivity contribution in [2.75, 3.05) is 179 Å². The van der Waals surface area contributed by atoms with E-state index in [0.29, 0.717) is 158 Å². The van der Waals surface area contributed by atoms with E-state index in [0.717, 1.165) is 156 Å². The van der Waals surface area contributed by atoms with Crippen molar-refractivity contribution in [1.82, 2.24) is 19.9 Å². The van der Waals surface area contributed by atoms with Gasteiger partial charge in [0.1, 0.15) is 0 Å². The molecule has 2 aromatic heterocycles. The molecule has 2 aliphatic heterocycles. The maximum atomic E-state index is 6.10. The molecule has 8 aromatic carbocycles. The third kappa shape index (κ3) is 17.3. The van der Waals surface area contributed by atoms with Gasteiger partial charge in [0.05, 0.1) is 151 Å². The van der Waals surface area contributed by atoms with Crippen molar-refractivity contribution in [2.45, 2.75) is 0 Å². The monoisotopic (exact) mass is 1400 g/mol. The normalized spacial score (nSPS) is 11.7. The molecule has 13 rings (SSSR count). The van der Waals surface area contributed by atoms with E-state index in [-0.39, 0.29) is 0 Å². The number of hydrogen-bond acceptors (Lipinski definition) is 18. The fourth-order valence-corrected chi connectivity index (χ4v) is 13.5. The highest BCUT2D eigenvalue weighted by molar-refractivity contribution is 6.21. The van der Waals surface area contributed by atoms with E-state index >= 15 is 0 Å². The molecule has 3 aliphatic rings. The Morgan fingerprint density at radius 3 is 0.654 bits per heavy atom. The maximum absolute atomic E-state index is 6.10. The van der Waals surface area contributed by atoms with Crippen molar-refractivity contribution in [1.29, 1.82) is 0 Å². The first-order chi connectivity index (χ1) is 51.5. The fraction of sp³-hybridized carbons (Fsp3) is 0.286. The van der Waals surface area contributed by atoms with Crippen molar-refractivity contribution in [3.05, 3.63) is 194 Å². The average Bonchev–Trinajstić information content (AvgIpc) is 1.56. The largest absolute Gasteiger partial charge is 0.383 e. The minimum atomic E-state index is 0.478. The summed E-state index contributed by atoms with van der Waals surface area (Å²) in [6.45, 7) is 12.3. The lowest BCUT2D eigenvalue weighted by molar-refractivity contribution is 0.0548. The van der Waals surface area contributed by atoms with E-state index in [2.05, 4.69) is 225 Å². The minimum Gasteiger partial charge on any atom is -0.383 e. The standard InChI is InChI=1S/C84H94N12O8/c85-33-41-97-49-53-101-45-37-89-61-25-17-57(18-26-61)73-77-65-9-1-2-10-66(65)78(93-77)74(58-19-27-62(28-20-58)90-38-46-102-54-50-98-42-34-86)80-69-13-5-6-14-70(69)82(95-80)76(60-23-31-64(32-24-60)92-40-48-104-56-52-100-44-36-88)84-72-16-8-7-15-71(72)83(96-84)75(81-68-12-4-3-11-67(68)79(73)94-81)59-21-29-63(30-22-59)91-39-47-103-55-51-99-43-35-87/h1-32,89-93,96H,33-56,85-88H2. The number of aromatic nitrogens is 4. The highest BCUT2D eigenvalue weighted by Crippen LogP contribution is 2.52. The Morgan fingerprint density at radius 1 is 0.240 bits per heavy atom. The van der Waals surface area contributed by atoms with Gasteiger partial charge in [-0.15, -0.1) is 0 Å². The zero-order valence-corrected chi connectivity index (χ0v) is 58.9. The van der Waals surface area contributed by atoms with Crippen LogP contribution in [0.4, 0.5) is 22.7 Å². The highest BCUT2D eigenvalue weighted by atomic mass is 16.5. The van der Waals surface area contributed by atoms with Gasteiger partial charge in [-0.3, -0.25) is 0 Å². The average molecular weight is 1400 g/mol. The SMILES string of the molecule is NCCOCCOCCNc1ccc(-c2c3nc(c(-c4ccc(NCCOCCOCCN)cc4)c4[nH]c(c(-c5ccc(NCCOCCOCCN)cc5)c5nc(c(-c6ccc(NCCOCCOCCN)cc6)c6[nH]c2c2ccccc62)-c2ccccc2-5)c2ccccc42)-c2ccccc2-3)cc1. The smallest absolute Gasteiger partial charge is 0.0816 e. The van der Waals surface area contributed by atoms with Crippen LogP contribution in [0.2, 0.25) is 0 Å². The van der Waals surface area contributed by atoms with Gasteiger partial charge in [0.2, 0.25) is 0 Å². The van der Waals surface area contributed by atoms with Crippen LogP contribution in [0, 0.1) is 0 Å². The van der Waals surface area contributed by atoms with Crippen LogP contribution >= 0.6 is 0 Å². The van der Waals surface area contributed by atoms with Gasteiger partial charge in [-0.25, -0.2) is 9.97 Å². The van der Waals surface area contributed by atoms with Crippen molar-refractivity contribution < 1.29 is 37.9 Å². The van der Waals surface area contributed by atoms with Crippen LogP contribution in [0.15, 0.2) is 194 Å². The van der Waals surface area contributed by atoms with Crippen LogP contribution in [0.5, 0.6) is 0 Å². The van der Waals surface area contributed by atoms with Crippen molar-refractivity contribution >= 4 is 66.4 Å². The van der Waals surface area contributed by atoms with Crippen LogP contribution < -0.4 is 44.2 Å². The molecule has 8 bridgehead atoms.